The van der Waals surface area contributed by atoms with E-state index in [4.69, 9.17) is 4.74 Å². The number of ether oxygens (including phenoxy) is 1. The molecule has 3 atom stereocenters. The molecule has 0 fully saturated rings. The Morgan fingerprint density at radius 1 is 0.878 bits per heavy atom. The second kappa shape index (κ2) is 12.6. The third kappa shape index (κ3) is 7.38. The molecule has 4 rings (SSSR count). The Balaban J connectivity index is 1.61. The number of rotatable bonds is 9. The van der Waals surface area contributed by atoms with Gasteiger partial charge in [0.05, 0.1) is 6.61 Å². The fourth-order valence-electron chi connectivity index (χ4n) is 4.81. The highest BCUT2D eigenvalue weighted by Crippen LogP contribution is 2.37. The van der Waals surface area contributed by atoms with E-state index in [2.05, 4.69) is 5.32 Å². The smallest absolute Gasteiger partial charge is 0.377 e. The summed E-state index contributed by atoms with van der Waals surface area (Å²) in [5.41, 5.74) is 0.368. The van der Waals surface area contributed by atoms with Gasteiger partial charge in [0.2, 0.25) is 0 Å². The van der Waals surface area contributed by atoms with Crippen molar-refractivity contribution in [2.24, 2.45) is 5.92 Å². The average Bonchev–Trinajstić information content (AvgIpc) is 2.95. The summed E-state index contributed by atoms with van der Waals surface area (Å²) in [5, 5.41) is 3.74. The molecule has 0 saturated heterocycles. The summed E-state index contributed by atoms with van der Waals surface area (Å²) in [7, 11) is 0. The van der Waals surface area contributed by atoms with Crippen LogP contribution < -0.4 is 10.6 Å². The predicted molar refractivity (Wildman–Crippen MR) is 144 cm³/mol. The van der Waals surface area contributed by atoms with Crippen molar-refractivity contribution >= 4 is 17.6 Å². The molecule has 3 aromatic carbocycles. The monoisotopic (exact) mass is 570 g/mol. The van der Waals surface area contributed by atoms with Gasteiger partial charge in [0.25, 0.3) is 17.5 Å². The molecule has 0 saturated carbocycles. The molecule has 0 aromatic heterocycles. The molecule has 6 nitrogen and oxygen atoms in total. The second-order valence-electron chi connectivity index (χ2n) is 10.1. The van der Waals surface area contributed by atoms with Gasteiger partial charge in [-0.1, -0.05) is 78.9 Å². The van der Waals surface area contributed by atoms with E-state index >= 15 is 4.39 Å². The van der Waals surface area contributed by atoms with E-state index in [1.165, 1.54) is 5.32 Å². The Hall–Kier alpha value is -4.05. The number of fused-ring (bicyclic) bond motifs is 3. The molecule has 0 heterocycles. The molecule has 0 aliphatic heterocycles. The minimum atomic E-state index is -4.79. The van der Waals surface area contributed by atoms with Crippen molar-refractivity contribution in [3.8, 4) is 11.1 Å². The molecule has 3 aromatic rings. The van der Waals surface area contributed by atoms with Gasteiger partial charge in [-0.05, 0) is 47.6 Å². The van der Waals surface area contributed by atoms with Crippen molar-refractivity contribution in [1.82, 2.24) is 10.6 Å². The first kappa shape index (κ1) is 29.9. The standard InChI is InChI=1S/C31H30F4N2O4/c1-30(32,28(39)36-19-31(33,34)35)29(40)37-26-25-14-8-7-13-24(25)23-12-6-5-11-21(23)17-22(27(26)38)15-16-41-18-20-9-3-2-4-10-20/h2-14,22,26H,15-19H2,1H3,(H,36,39)(H,37,40)/t22?,26-,30-/m0/s1. The van der Waals surface area contributed by atoms with Gasteiger partial charge in [-0.15, -0.1) is 0 Å². The Kier molecular flexibility index (Phi) is 9.22. The van der Waals surface area contributed by atoms with Crippen LogP contribution in [0.4, 0.5) is 17.6 Å². The summed E-state index contributed by atoms with van der Waals surface area (Å²) in [5.74, 6) is -4.33. The molecule has 41 heavy (non-hydrogen) atoms. The number of nitrogens with one attached hydrogen (secondary N) is 2. The summed E-state index contributed by atoms with van der Waals surface area (Å²) >= 11 is 0. The van der Waals surface area contributed by atoms with E-state index in [0.29, 0.717) is 37.5 Å². The van der Waals surface area contributed by atoms with Crippen LogP contribution in [0.15, 0.2) is 78.9 Å². The molecule has 10 heteroatoms. The highest BCUT2D eigenvalue weighted by Gasteiger charge is 2.45. The van der Waals surface area contributed by atoms with Crippen molar-refractivity contribution in [2.45, 2.75) is 44.3 Å². The van der Waals surface area contributed by atoms with Gasteiger partial charge in [-0.2, -0.15) is 13.2 Å². The molecule has 0 radical (unpaired) electrons. The van der Waals surface area contributed by atoms with Crippen LogP contribution in [0.25, 0.3) is 11.1 Å². The predicted octanol–water partition coefficient (Wildman–Crippen LogP) is 5.27. The summed E-state index contributed by atoms with van der Waals surface area (Å²) < 4.78 is 58.8. The summed E-state index contributed by atoms with van der Waals surface area (Å²) in [6, 6.07) is 22.5. The number of carbonyl (C=O) groups excluding carboxylic acids is 3. The van der Waals surface area contributed by atoms with Gasteiger partial charge in [-0.3, -0.25) is 14.4 Å². The fraction of sp³-hybridized carbons (Fsp3) is 0.323. The van der Waals surface area contributed by atoms with Gasteiger partial charge < -0.3 is 15.4 Å². The van der Waals surface area contributed by atoms with Crippen LogP contribution in [-0.4, -0.2) is 42.6 Å². The highest BCUT2D eigenvalue weighted by molar-refractivity contribution is 6.09. The largest absolute Gasteiger partial charge is 0.405 e. The molecular formula is C31H30F4N2O4. The normalized spacial score (nSPS) is 18.2. The van der Waals surface area contributed by atoms with Crippen molar-refractivity contribution in [1.29, 1.82) is 0 Å². The fourth-order valence-corrected chi connectivity index (χ4v) is 4.81. The van der Waals surface area contributed by atoms with Crippen molar-refractivity contribution in [3.05, 3.63) is 95.6 Å². The Morgan fingerprint density at radius 2 is 1.51 bits per heavy atom. The maximum absolute atomic E-state index is 15.3. The van der Waals surface area contributed by atoms with Gasteiger partial charge in [0, 0.05) is 12.5 Å². The minimum absolute atomic E-state index is 0.233. The van der Waals surface area contributed by atoms with E-state index in [1.54, 1.807) is 24.3 Å². The first-order valence-corrected chi connectivity index (χ1v) is 13.1. The van der Waals surface area contributed by atoms with Crippen LogP contribution in [0.2, 0.25) is 0 Å². The van der Waals surface area contributed by atoms with Crippen LogP contribution in [-0.2, 0) is 32.1 Å². The quantitative estimate of drug-likeness (QED) is 0.209. The number of amides is 2. The third-order valence-corrected chi connectivity index (χ3v) is 7.03. The maximum atomic E-state index is 15.3. The lowest BCUT2D eigenvalue weighted by Crippen LogP contribution is -2.55. The maximum Gasteiger partial charge on any atom is 0.405 e. The Morgan fingerprint density at radius 3 is 2.22 bits per heavy atom. The number of hydrogen-bond acceptors (Lipinski definition) is 4. The number of halogens is 4. The van der Waals surface area contributed by atoms with Crippen LogP contribution in [0.1, 0.15) is 36.1 Å². The van der Waals surface area contributed by atoms with Crippen LogP contribution >= 0.6 is 0 Å². The van der Waals surface area contributed by atoms with Gasteiger partial charge in [0.15, 0.2) is 5.78 Å². The Bertz CT molecular complexity index is 1390. The van der Waals surface area contributed by atoms with E-state index < -0.39 is 47.9 Å². The van der Waals surface area contributed by atoms with Crippen molar-refractivity contribution < 1.29 is 36.7 Å². The number of hydrogen-bond donors (Lipinski definition) is 2. The summed E-state index contributed by atoms with van der Waals surface area (Å²) in [4.78, 5) is 39.2. The second-order valence-corrected chi connectivity index (χ2v) is 10.1. The molecule has 1 aliphatic rings. The molecule has 2 N–H and O–H groups in total. The number of ketones is 1. The summed E-state index contributed by atoms with van der Waals surface area (Å²) in [6.07, 6.45) is -4.17. The van der Waals surface area contributed by atoms with Crippen LogP contribution in [0.5, 0.6) is 0 Å². The SMILES string of the molecule is C[C@](F)(C(=O)NCC(F)(F)F)C(=O)N[C@@H]1C(=O)C(CCOCc2ccccc2)Cc2ccccc2-c2ccccc21. The number of alkyl halides is 4. The van der Waals surface area contributed by atoms with Gasteiger partial charge in [0.1, 0.15) is 12.6 Å². The lowest BCUT2D eigenvalue weighted by Gasteiger charge is -2.31. The van der Waals surface area contributed by atoms with E-state index in [9.17, 15) is 27.6 Å². The first-order chi connectivity index (χ1) is 19.5. The van der Waals surface area contributed by atoms with Crippen LogP contribution in [0.3, 0.4) is 0 Å². The summed E-state index contributed by atoms with van der Waals surface area (Å²) in [6.45, 7) is -0.658. The molecular weight excluding hydrogens is 540 g/mol. The van der Waals surface area contributed by atoms with Crippen LogP contribution in [0, 0.1) is 5.92 Å². The number of Topliss-reactive ketones (excluding diaryl/α,β-unsaturated/α-hetero) is 1. The zero-order valence-corrected chi connectivity index (χ0v) is 22.3. The molecule has 216 valence electrons. The third-order valence-electron chi connectivity index (χ3n) is 7.03. The average molecular weight is 571 g/mol. The van der Waals surface area contributed by atoms with Crippen molar-refractivity contribution in [3.63, 3.8) is 0 Å². The van der Waals surface area contributed by atoms with Gasteiger partial charge in [-0.25, -0.2) is 4.39 Å². The highest BCUT2D eigenvalue weighted by atomic mass is 19.4. The molecule has 0 bridgehead atoms. The molecule has 1 unspecified atom stereocenters. The number of carbonyl (C=O) groups is 3. The lowest BCUT2D eigenvalue weighted by molar-refractivity contribution is -0.152. The molecule has 2 amide bonds. The van der Waals surface area contributed by atoms with E-state index in [0.717, 1.165) is 16.7 Å². The molecule has 0 spiro atoms. The van der Waals surface area contributed by atoms with E-state index in [-0.39, 0.29) is 6.61 Å². The topological polar surface area (TPSA) is 84.5 Å². The van der Waals surface area contributed by atoms with Gasteiger partial charge >= 0.3 is 6.18 Å². The van der Waals surface area contributed by atoms with Crippen molar-refractivity contribution in [2.75, 3.05) is 13.2 Å². The van der Waals surface area contributed by atoms with E-state index in [1.807, 2.05) is 54.6 Å². The Labute approximate surface area is 235 Å². The zero-order chi connectivity index (χ0) is 29.6. The first-order valence-electron chi connectivity index (χ1n) is 13.1. The number of benzene rings is 3. The molecule has 1 aliphatic carbocycles. The zero-order valence-electron chi connectivity index (χ0n) is 22.3. The lowest BCUT2D eigenvalue weighted by atomic mass is 9.78. The minimum Gasteiger partial charge on any atom is -0.377 e.